The Morgan fingerprint density at radius 2 is 1.94 bits per heavy atom. The average molecular weight is 493 g/mol. The molecule has 184 valence electrons. The first-order valence-corrected chi connectivity index (χ1v) is 12.9. The number of allylic oxidation sites excluding steroid dienone is 2. The van der Waals surface area contributed by atoms with E-state index < -0.39 is 0 Å². The molecular weight excluding hydrogens is 460 g/mol. The normalized spacial score (nSPS) is 21.9. The van der Waals surface area contributed by atoms with Crippen molar-refractivity contribution in [3.8, 4) is 0 Å². The van der Waals surface area contributed by atoms with Crippen LogP contribution in [0.5, 0.6) is 0 Å². The number of piperazine rings is 1. The average Bonchev–Trinajstić information content (AvgIpc) is 2.91. The van der Waals surface area contributed by atoms with Crippen molar-refractivity contribution in [2.75, 3.05) is 44.2 Å². The molecule has 1 aliphatic carbocycles. The number of amides is 1. The smallest absolute Gasteiger partial charge is 0.252 e. The third kappa shape index (κ3) is 5.92. The summed E-state index contributed by atoms with van der Waals surface area (Å²) >= 11 is 6.69. The van der Waals surface area contributed by atoms with Gasteiger partial charge >= 0.3 is 0 Å². The highest BCUT2D eigenvalue weighted by Gasteiger charge is 2.27. The lowest BCUT2D eigenvalue weighted by Crippen LogP contribution is -2.45. The van der Waals surface area contributed by atoms with Crippen molar-refractivity contribution in [2.24, 2.45) is 0 Å². The zero-order valence-corrected chi connectivity index (χ0v) is 20.8. The second-order valence-electron chi connectivity index (χ2n) is 9.52. The minimum Gasteiger partial charge on any atom is -0.354 e. The largest absolute Gasteiger partial charge is 0.354 e. The van der Waals surface area contributed by atoms with Gasteiger partial charge < -0.3 is 15.5 Å². The molecule has 2 fully saturated rings. The molecular formula is C27H33ClN6O. The van der Waals surface area contributed by atoms with E-state index in [0.29, 0.717) is 10.6 Å². The Labute approximate surface area is 212 Å². The summed E-state index contributed by atoms with van der Waals surface area (Å²) in [6.07, 6.45) is 12.1. The van der Waals surface area contributed by atoms with E-state index in [9.17, 15) is 4.79 Å². The molecule has 0 aromatic carbocycles. The Kier molecular flexibility index (Phi) is 7.76. The molecule has 4 heterocycles. The van der Waals surface area contributed by atoms with Crippen molar-refractivity contribution >= 4 is 23.3 Å². The molecule has 2 aromatic rings. The van der Waals surface area contributed by atoms with Crippen LogP contribution in [0.2, 0.25) is 0 Å². The highest BCUT2D eigenvalue weighted by atomic mass is 35.5. The standard InChI is InChI=1S/C27H33ClN6O/c28-26-23(21-3-2-10-30-18-21)4-1-5-24(26)27(35)32-22-8-13-33(14-9-22)19-20-6-7-25(31-17-20)34-15-11-29-12-16-34/h1-3,5-7,10,17-18,22-23,29H,4,8-9,11-16,19H2,(H,32,35). The maximum atomic E-state index is 13.0. The second kappa shape index (κ2) is 11.3. The Hall–Kier alpha value is -2.74. The number of hydrogen-bond acceptors (Lipinski definition) is 6. The maximum absolute atomic E-state index is 13.0. The number of anilines is 1. The van der Waals surface area contributed by atoms with Crippen LogP contribution in [0, 0.1) is 0 Å². The summed E-state index contributed by atoms with van der Waals surface area (Å²) in [5, 5.41) is 7.20. The molecule has 3 aliphatic rings. The van der Waals surface area contributed by atoms with Crippen LogP contribution in [0.15, 0.2) is 65.6 Å². The van der Waals surface area contributed by atoms with E-state index in [2.05, 4.69) is 37.6 Å². The van der Waals surface area contributed by atoms with Gasteiger partial charge in [-0.05, 0) is 42.5 Å². The number of rotatable bonds is 6. The van der Waals surface area contributed by atoms with Gasteiger partial charge in [0.05, 0.1) is 5.57 Å². The van der Waals surface area contributed by atoms with E-state index in [1.54, 1.807) is 6.20 Å². The summed E-state index contributed by atoms with van der Waals surface area (Å²) in [6.45, 7) is 6.83. The quantitative estimate of drug-likeness (QED) is 0.645. The number of piperidine rings is 1. The van der Waals surface area contributed by atoms with Gasteiger partial charge in [-0.25, -0.2) is 4.98 Å². The predicted octanol–water partition coefficient (Wildman–Crippen LogP) is 3.20. The van der Waals surface area contributed by atoms with E-state index >= 15 is 0 Å². The molecule has 2 N–H and O–H groups in total. The molecule has 0 saturated carbocycles. The number of likely N-dealkylation sites (tertiary alicyclic amines) is 1. The molecule has 1 amide bonds. The third-order valence-electron chi connectivity index (χ3n) is 7.13. The number of nitrogens with one attached hydrogen (secondary N) is 2. The fourth-order valence-corrected chi connectivity index (χ4v) is 5.45. The summed E-state index contributed by atoms with van der Waals surface area (Å²) in [7, 11) is 0. The third-order valence-corrected chi connectivity index (χ3v) is 7.60. The molecule has 0 radical (unpaired) electrons. The summed E-state index contributed by atoms with van der Waals surface area (Å²) in [6, 6.07) is 8.42. The van der Waals surface area contributed by atoms with Gasteiger partial charge in [0.2, 0.25) is 0 Å². The van der Waals surface area contributed by atoms with Crippen molar-refractivity contribution in [1.82, 2.24) is 25.5 Å². The lowest BCUT2D eigenvalue weighted by atomic mass is 9.89. The molecule has 5 rings (SSSR count). The summed E-state index contributed by atoms with van der Waals surface area (Å²) in [5.41, 5.74) is 2.85. The first kappa shape index (κ1) is 24.0. The molecule has 2 aromatic heterocycles. The molecule has 2 aliphatic heterocycles. The van der Waals surface area contributed by atoms with Crippen LogP contribution < -0.4 is 15.5 Å². The van der Waals surface area contributed by atoms with Crippen molar-refractivity contribution in [2.45, 2.75) is 37.8 Å². The molecule has 1 atom stereocenters. The van der Waals surface area contributed by atoms with E-state index in [-0.39, 0.29) is 17.9 Å². The van der Waals surface area contributed by atoms with Gasteiger partial charge in [-0.1, -0.05) is 35.9 Å². The van der Waals surface area contributed by atoms with E-state index in [1.807, 2.05) is 36.7 Å². The number of halogens is 1. The van der Waals surface area contributed by atoms with Crippen LogP contribution in [0.25, 0.3) is 0 Å². The molecule has 7 nitrogen and oxygen atoms in total. The van der Waals surface area contributed by atoms with Crippen molar-refractivity contribution in [3.05, 3.63) is 76.7 Å². The number of nitrogens with zero attached hydrogens (tertiary/aromatic N) is 4. The fourth-order valence-electron chi connectivity index (χ4n) is 5.09. The SMILES string of the molecule is O=C(NC1CCN(Cc2ccc(N3CCNCC3)nc2)CC1)C1=C(Cl)C(c2cccnc2)CC=C1. The summed E-state index contributed by atoms with van der Waals surface area (Å²) in [4.78, 5) is 26.7. The molecule has 1 unspecified atom stereocenters. The van der Waals surface area contributed by atoms with Gasteiger partial charge in [0, 0.05) is 81.4 Å². The van der Waals surface area contributed by atoms with E-state index in [1.165, 1.54) is 5.56 Å². The minimum atomic E-state index is -0.0778. The fraction of sp³-hybridized carbons (Fsp3) is 0.444. The Morgan fingerprint density at radius 1 is 1.11 bits per heavy atom. The Balaban J connectivity index is 1.12. The van der Waals surface area contributed by atoms with Gasteiger partial charge in [-0.3, -0.25) is 14.7 Å². The van der Waals surface area contributed by atoms with Gasteiger partial charge in [0.25, 0.3) is 5.91 Å². The maximum Gasteiger partial charge on any atom is 0.252 e. The lowest BCUT2D eigenvalue weighted by molar-refractivity contribution is -0.118. The first-order valence-electron chi connectivity index (χ1n) is 12.6. The van der Waals surface area contributed by atoms with Crippen LogP contribution in [-0.4, -0.2) is 66.1 Å². The number of hydrogen-bond donors (Lipinski definition) is 2. The predicted molar refractivity (Wildman–Crippen MR) is 139 cm³/mol. The van der Waals surface area contributed by atoms with Gasteiger partial charge in [-0.15, -0.1) is 0 Å². The second-order valence-corrected chi connectivity index (χ2v) is 9.93. The van der Waals surface area contributed by atoms with Crippen LogP contribution in [0.3, 0.4) is 0 Å². The van der Waals surface area contributed by atoms with Gasteiger partial charge in [0.1, 0.15) is 5.82 Å². The van der Waals surface area contributed by atoms with E-state index in [0.717, 1.165) is 76.5 Å². The number of carbonyl (C=O) groups is 1. The lowest BCUT2D eigenvalue weighted by Gasteiger charge is -2.33. The molecule has 35 heavy (non-hydrogen) atoms. The van der Waals surface area contributed by atoms with Crippen LogP contribution in [0.1, 0.15) is 36.3 Å². The monoisotopic (exact) mass is 492 g/mol. The highest BCUT2D eigenvalue weighted by Crippen LogP contribution is 2.36. The molecule has 2 saturated heterocycles. The Morgan fingerprint density at radius 3 is 2.66 bits per heavy atom. The van der Waals surface area contributed by atoms with E-state index in [4.69, 9.17) is 16.6 Å². The zero-order chi connectivity index (χ0) is 24.0. The van der Waals surface area contributed by atoms with Gasteiger partial charge in [-0.2, -0.15) is 0 Å². The summed E-state index contributed by atoms with van der Waals surface area (Å²) in [5.74, 6) is 0.975. The molecule has 8 heteroatoms. The van der Waals surface area contributed by atoms with Gasteiger partial charge in [0.15, 0.2) is 0 Å². The minimum absolute atomic E-state index is 0.00968. The van der Waals surface area contributed by atoms with Crippen molar-refractivity contribution in [3.63, 3.8) is 0 Å². The molecule has 0 spiro atoms. The van der Waals surface area contributed by atoms with Crippen LogP contribution >= 0.6 is 11.6 Å². The topological polar surface area (TPSA) is 73.4 Å². The number of aromatic nitrogens is 2. The zero-order valence-electron chi connectivity index (χ0n) is 20.0. The van der Waals surface area contributed by atoms with Crippen molar-refractivity contribution < 1.29 is 4.79 Å². The Bertz CT molecular complexity index is 1060. The summed E-state index contributed by atoms with van der Waals surface area (Å²) < 4.78 is 0. The van der Waals surface area contributed by atoms with Crippen molar-refractivity contribution in [1.29, 1.82) is 0 Å². The molecule has 0 bridgehead atoms. The number of carbonyl (C=O) groups excluding carboxylic acids is 1. The van der Waals surface area contributed by atoms with Crippen LogP contribution in [0.4, 0.5) is 5.82 Å². The first-order chi connectivity index (χ1) is 17.2. The van der Waals surface area contributed by atoms with Crippen LogP contribution in [-0.2, 0) is 11.3 Å². The number of pyridine rings is 2. The highest BCUT2D eigenvalue weighted by molar-refractivity contribution is 6.33.